The lowest BCUT2D eigenvalue weighted by atomic mass is 9.54. The highest BCUT2D eigenvalue weighted by Gasteiger charge is 2.56. The maximum atomic E-state index is 13.5. The van der Waals surface area contributed by atoms with Crippen LogP contribution >= 0.6 is 27.7 Å². The molecule has 5 aliphatic rings. The highest BCUT2D eigenvalue weighted by molar-refractivity contribution is 9.10. The van der Waals surface area contributed by atoms with E-state index >= 15 is 0 Å². The summed E-state index contributed by atoms with van der Waals surface area (Å²) in [5, 5.41) is 2.91. The van der Waals surface area contributed by atoms with E-state index in [-0.39, 0.29) is 18.3 Å². The number of esters is 1. The minimum Gasteiger partial charge on any atom is -0.465 e. The molecule has 1 aliphatic heterocycles. The minimum atomic E-state index is -1.45. The van der Waals surface area contributed by atoms with E-state index in [0.717, 1.165) is 35.5 Å². The first-order valence-electron chi connectivity index (χ1n) is 11.6. The van der Waals surface area contributed by atoms with Gasteiger partial charge < -0.3 is 14.4 Å². The van der Waals surface area contributed by atoms with Crippen LogP contribution in [-0.4, -0.2) is 43.0 Å². The summed E-state index contributed by atoms with van der Waals surface area (Å²) >= 11 is 4.52. The molecular weight excluding hydrogens is 508 g/mol. The molecule has 0 radical (unpaired) electrons. The number of fused-ring (bicyclic) bond motifs is 1. The number of hydrogen-bond donors (Lipinski definition) is 1. The van der Waals surface area contributed by atoms with Crippen LogP contribution in [-0.2, 0) is 23.9 Å². The first-order valence-corrected chi connectivity index (χ1v) is 13.4. The zero-order valence-electron chi connectivity index (χ0n) is 18.9. The largest absolute Gasteiger partial charge is 0.465 e. The average molecular weight is 537 g/mol. The van der Waals surface area contributed by atoms with Gasteiger partial charge in [0, 0.05) is 17.1 Å². The number of halogens is 1. The number of hydrogen-bond acceptors (Lipinski definition) is 6. The lowest BCUT2D eigenvalue weighted by molar-refractivity contribution is -0.139. The number of benzene rings is 1. The standard InChI is InChI=1S/C24H29BrN2O5S/c1-3-31-20(28)13-33-24(18-5-4-17(25)9-19(18)27(2)21(24)29)26-22(30)32-23-10-14-6-15(11-23)8-16(7-14)12-23/h4-5,9,14-16H,3,6-8,10-13H2,1-2H3,(H,26,30)/t14?,15?,16?,23?,24-/m1/s1. The highest BCUT2D eigenvalue weighted by atomic mass is 79.9. The second-order valence-corrected chi connectivity index (χ2v) is 12.0. The van der Waals surface area contributed by atoms with Gasteiger partial charge in [0.2, 0.25) is 0 Å². The van der Waals surface area contributed by atoms with Crippen LogP contribution in [0.15, 0.2) is 22.7 Å². The maximum Gasteiger partial charge on any atom is 0.409 e. The van der Waals surface area contributed by atoms with Gasteiger partial charge >= 0.3 is 12.1 Å². The summed E-state index contributed by atoms with van der Waals surface area (Å²) in [6.45, 7) is 1.99. The van der Waals surface area contributed by atoms with Gasteiger partial charge in [-0.05, 0) is 75.3 Å². The number of nitrogens with one attached hydrogen (secondary N) is 1. The van der Waals surface area contributed by atoms with E-state index in [1.807, 2.05) is 18.2 Å². The zero-order chi connectivity index (χ0) is 23.4. The quantitative estimate of drug-likeness (QED) is 0.423. The number of ether oxygens (including phenoxy) is 2. The summed E-state index contributed by atoms with van der Waals surface area (Å²) in [6, 6.07) is 5.48. The molecule has 178 valence electrons. The normalized spacial score (nSPS) is 33.7. The van der Waals surface area contributed by atoms with Crippen LogP contribution in [0.5, 0.6) is 0 Å². The summed E-state index contributed by atoms with van der Waals surface area (Å²) in [5.41, 5.74) is 0.887. The number of amides is 2. The number of thioether (sulfide) groups is 1. The monoisotopic (exact) mass is 536 g/mol. The molecule has 1 atom stereocenters. The third-order valence-electron chi connectivity index (χ3n) is 7.59. The fraction of sp³-hybridized carbons (Fsp3) is 0.625. The Balaban J connectivity index is 1.42. The van der Waals surface area contributed by atoms with Crippen molar-refractivity contribution >= 4 is 51.3 Å². The average Bonchev–Trinajstić information content (AvgIpc) is 2.93. The maximum absolute atomic E-state index is 13.5. The Morgan fingerprint density at radius 3 is 2.42 bits per heavy atom. The number of likely N-dealkylation sites (N-methyl/N-ethyl adjacent to an activating group) is 1. The molecule has 0 spiro atoms. The van der Waals surface area contributed by atoms with Crippen molar-refractivity contribution in [2.75, 3.05) is 24.3 Å². The van der Waals surface area contributed by atoms with Crippen molar-refractivity contribution in [2.24, 2.45) is 17.8 Å². The summed E-state index contributed by atoms with van der Waals surface area (Å²) < 4.78 is 12.1. The summed E-state index contributed by atoms with van der Waals surface area (Å²) in [7, 11) is 1.67. The van der Waals surface area contributed by atoms with Gasteiger partial charge in [-0.3, -0.25) is 14.9 Å². The zero-order valence-corrected chi connectivity index (χ0v) is 21.3. The third kappa shape index (κ3) is 4.05. The first-order chi connectivity index (χ1) is 15.7. The Bertz CT molecular complexity index is 966. The lowest BCUT2D eigenvalue weighted by Crippen LogP contribution is -2.56. The van der Waals surface area contributed by atoms with Gasteiger partial charge in [0.1, 0.15) is 5.60 Å². The van der Waals surface area contributed by atoms with Gasteiger partial charge in [-0.2, -0.15) is 0 Å². The van der Waals surface area contributed by atoms with Crippen LogP contribution in [0.3, 0.4) is 0 Å². The molecule has 9 heteroatoms. The van der Waals surface area contributed by atoms with Gasteiger partial charge in [-0.15, -0.1) is 11.8 Å². The Morgan fingerprint density at radius 2 is 1.82 bits per heavy atom. The summed E-state index contributed by atoms with van der Waals surface area (Å²) in [5.74, 6) is 1.09. The van der Waals surface area contributed by atoms with Gasteiger partial charge in [0.05, 0.1) is 18.0 Å². The van der Waals surface area contributed by atoms with E-state index in [1.165, 1.54) is 24.2 Å². The number of alkyl carbamates (subject to hydrolysis) is 1. The Morgan fingerprint density at radius 1 is 1.18 bits per heavy atom. The number of carbonyl (C=O) groups is 3. The number of rotatable bonds is 6. The van der Waals surface area contributed by atoms with Crippen molar-refractivity contribution in [3.05, 3.63) is 28.2 Å². The van der Waals surface area contributed by atoms with Gasteiger partial charge in [-0.1, -0.05) is 22.0 Å². The molecule has 4 fully saturated rings. The molecule has 4 bridgehead atoms. The fourth-order valence-electron chi connectivity index (χ4n) is 6.73. The second kappa shape index (κ2) is 8.48. The van der Waals surface area contributed by atoms with Crippen molar-refractivity contribution < 1.29 is 23.9 Å². The van der Waals surface area contributed by atoms with Crippen molar-refractivity contribution in [1.29, 1.82) is 0 Å². The molecule has 1 heterocycles. The molecule has 1 N–H and O–H groups in total. The molecular formula is C24H29BrN2O5S. The Kier molecular flexibility index (Phi) is 5.92. The number of carbonyl (C=O) groups excluding carboxylic acids is 3. The van der Waals surface area contributed by atoms with Crippen LogP contribution in [0, 0.1) is 17.8 Å². The molecule has 0 aromatic heterocycles. The molecule has 4 saturated carbocycles. The molecule has 0 saturated heterocycles. The molecule has 33 heavy (non-hydrogen) atoms. The van der Waals surface area contributed by atoms with E-state index in [4.69, 9.17) is 9.47 Å². The van der Waals surface area contributed by atoms with Crippen LogP contribution in [0.25, 0.3) is 0 Å². The van der Waals surface area contributed by atoms with Gasteiger partial charge in [0.15, 0.2) is 4.87 Å². The predicted octanol–water partition coefficient (Wildman–Crippen LogP) is 4.57. The Labute approximate surface area is 206 Å². The third-order valence-corrected chi connectivity index (χ3v) is 9.39. The molecule has 4 aliphatic carbocycles. The van der Waals surface area contributed by atoms with Crippen LogP contribution in [0.1, 0.15) is 51.0 Å². The van der Waals surface area contributed by atoms with E-state index in [2.05, 4.69) is 21.2 Å². The minimum absolute atomic E-state index is 0.0689. The van der Waals surface area contributed by atoms with Crippen molar-refractivity contribution in [1.82, 2.24) is 5.32 Å². The topological polar surface area (TPSA) is 84.9 Å². The van der Waals surface area contributed by atoms with E-state index in [1.54, 1.807) is 14.0 Å². The second-order valence-electron chi connectivity index (χ2n) is 9.92. The highest BCUT2D eigenvalue weighted by Crippen LogP contribution is 2.57. The smallest absolute Gasteiger partial charge is 0.409 e. The SMILES string of the molecule is CCOC(=O)CS[C@@]1(NC(=O)OC23CC4CC(CC(C4)C2)C3)C(=O)N(C)c2cc(Br)ccc21. The molecule has 2 amide bonds. The molecule has 1 aromatic rings. The number of nitrogens with zero attached hydrogens (tertiary/aromatic N) is 1. The van der Waals surface area contributed by atoms with Crippen LogP contribution < -0.4 is 10.2 Å². The van der Waals surface area contributed by atoms with Crippen molar-refractivity contribution in [3.63, 3.8) is 0 Å². The first kappa shape index (κ1) is 23.0. The predicted molar refractivity (Wildman–Crippen MR) is 129 cm³/mol. The molecule has 6 rings (SSSR count). The summed E-state index contributed by atoms with van der Waals surface area (Å²) in [4.78, 5) is 39.1. The number of anilines is 1. The van der Waals surface area contributed by atoms with E-state index < -0.39 is 22.5 Å². The Hall–Kier alpha value is -1.74. The molecule has 7 nitrogen and oxygen atoms in total. The summed E-state index contributed by atoms with van der Waals surface area (Å²) in [6.07, 6.45) is 5.87. The van der Waals surface area contributed by atoms with E-state index in [0.29, 0.717) is 29.0 Å². The fourth-order valence-corrected chi connectivity index (χ4v) is 8.24. The van der Waals surface area contributed by atoms with E-state index in [9.17, 15) is 14.4 Å². The van der Waals surface area contributed by atoms with Gasteiger partial charge in [-0.25, -0.2) is 4.79 Å². The van der Waals surface area contributed by atoms with Crippen LogP contribution in [0.4, 0.5) is 10.5 Å². The van der Waals surface area contributed by atoms with Crippen molar-refractivity contribution in [3.8, 4) is 0 Å². The molecule has 0 unspecified atom stereocenters. The van der Waals surface area contributed by atoms with Crippen LogP contribution in [0.2, 0.25) is 0 Å². The molecule has 1 aromatic carbocycles. The van der Waals surface area contributed by atoms with Gasteiger partial charge in [0.25, 0.3) is 5.91 Å². The van der Waals surface area contributed by atoms with Crippen molar-refractivity contribution in [2.45, 2.75) is 55.9 Å². The lowest BCUT2D eigenvalue weighted by Gasteiger charge is -2.55.